The van der Waals surface area contributed by atoms with Gasteiger partial charge in [0.05, 0.1) is 0 Å². The van der Waals surface area contributed by atoms with E-state index in [-0.39, 0.29) is 17.7 Å². The molecule has 0 saturated heterocycles. The summed E-state index contributed by atoms with van der Waals surface area (Å²) in [5.41, 5.74) is 0.472. The Hall–Kier alpha value is -1.84. The molecule has 18 heavy (non-hydrogen) atoms. The van der Waals surface area contributed by atoms with E-state index in [9.17, 15) is 14.7 Å². The van der Waals surface area contributed by atoms with Crippen LogP contribution in [-0.4, -0.2) is 23.0 Å². The van der Waals surface area contributed by atoms with Crippen molar-refractivity contribution in [3.63, 3.8) is 0 Å². The molecule has 2 atom stereocenters. The van der Waals surface area contributed by atoms with Gasteiger partial charge < -0.3 is 10.4 Å². The number of hydrogen-bond donors (Lipinski definition) is 2. The number of hydrogen-bond acceptors (Lipinski definition) is 2. The highest BCUT2D eigenvalue weighted by Crippen LogP contribution is 2.15. The molecule has 0 saturated carbocycles. The predicted molar refractivity (Wildman–Crippen MR) is 69.3 cm³/mol. The van der Waals surface area contributed by atoms with Gasteiger partial charge in [-0.25, -0.2) is 4.79 Å². The molecule has 1 unspecified atom stereocenters. The first kappa shape index (κ1) is 14.2. The van der Waals surface area contributed by atoms with Crippen LogP contribution in [0.1, 0.15) is 31.1 Å². The number of carboxylic acids is 1. The van der Waals surface area contributed by atoms with Gasteiger partial charge in [0.15, 0.2) is 0 Å². The smallest absolute Gasteiger partial charge is 0.326 e. The second kappa shape index (κ2) is 6.19. The lowest BCUT2D eigenvalue weighted by molar-refractivity contribution is -0.141. The van der Waals surface area contributed by atoms with Crippen LogP contribution in [0.4, 0.5) is 0 Å². The molecule has 1 aromatic rings. The lowest BCUT2D eigenvalue weighted by Crippen LogP contribution is -2.46. The number of aliphatic carboxylic acids is 1. The molecular weight excluding hydrogens is 230 g/mol. The van der Waals surface area contributed by atoms with Crippen molar-refractivity contribution >= 4 is 11.9 Å². The average Bonchev–Trinajstić information content (AvgIpc) is 2.35. The van der Waals surface area contributed by atoms with Crippen molar-refractivity contribution in [2.45, 2.75) is 26.8 Å². The van der Waals surface area contributed by atoms with Crippen molar-refractivity contribution in [3.05, 3.63) is 35.9 Å². The van der Waals surface area contributed by atoms with Crippen LogP contribution >= 0.6 is 0 Å². The number of benzene rings is 1. The van der Waals surface area contributed by atoms with Crippen LogP contribution in [0.25, 0.3) is 0 Å². The summed E-state index contributed by atoms with van der Waals surface area (Å²) < 4.78 is 0. The van der Waals surface area contributed by atoms with Gasteiger partial charge in [-0.1, -0.05) is 39.0 Å². The van der Waals surface area contributed by atoms with Crippen molar-refractivity contribution in [2.75, 3.05) is 0 Å². The SMILES string of the molecule is CC(C)C(C)[C@H](NC(=O)c1ccccc1)C(=O)O. The first-order valence-corrected chi connectivity index (χ1v) is 6.02. The zero-order valence-electron chi connectivity index (χ0n) is 10.9. The molecule has 1 aromatic carbocycles. The lowest BCUT2D eigenvalue weighted by Gasteiger charge is -2.24. The zero-order valence-corrected chi connectivity index (χ0v) is 10.9. The fourth-order valence-corrected chi connectivity index (χ4v) is 1.62. The van der Waals surface area contributed by atoms with Crippen LogP contribution in [0, 0.1) is 11.8 Å². The molecule has 0 spiro atoms. The summed E-state index contributed by atoms with van der Waals surface area (Å²) in [6.07, 6.45) is 0. The molecule has 0 aromatic heterocycles. The molecule has 0 heterocycles. The lowest BCUT2D eigenvalue weighted by atomic mass is 9.90. The van der Waals surface area contributed by atoms with Crippen molar-refractivity contribution in [1.29, 1.82) is 0 Å². The number of carbonyl (C=O) groups excluding carboxylic acids is 1. The van der Waals surface area contributed by atoms with Gasteiger partial charge in [-0.15, -0.1) is 0 Å². The van der Waals surface area contributed by atoms with Crippen LogP contribution in [0.3, 0.4) is 0 Å². The van der Waals surface area contributed by atoms with Crippen LogP contribution in [0.5, 0.6) is 0 Å². The van der Waals surface area contributed by atoms with E-state index < -0.39 is 12.0 Å². The van der Waals surface area contributed by atoms with E-state index >= 15 is 0 Å². The summed E-state index contributed by atoms with van der Waals surface area (Å²) >= 11 is 0. The Morgan fingerprint density at radius 3 is 2.11 bits per heavy atom. The van der Waals surface area contributed by atoms with Gasteiger partial charge >= 0.3 is 5.97 Å². The van der Waals surface area contributed by atoms with Crippen LogP contribution in [0.2, 0.25) is 0 Å². The molecule has 2 N–H and O–H groups in total. The monoisotopic (exact) mass is 249 g/mol. The van der Waals surface area contributed by atoms with E-state index in [0.717, 1.165) is 0 Å². The molecule has 0 aliphatic rings. The van der Waals surface area contributed by atoms with Gasteiger partial charge in [-0.2, -0.15) is 0 Å². The third-order valence-electron chi connectivity index (χ3n) is 3.17. The van der Waals surface area contributed by atoms with E-state index in [2.05, 4.69) is 5.32 Å². The van der Waals surface area contributed by atoms with Gasteiger partial charge in [-0.05, 0) is 24.0 Å². The topological polar surface area (TPSA) is 66.4 Å². The second-order valence-electron chi connectivity index (χ2n) is 4.76. The molecule has 0 radical (unpaired) electrons. The Morgan fingerprint density at radius 1 is 1.11 bits per heavy atom. The van der Waals surface area contributed by atoms with Gasteiger partial charge in [0.2, 0.25) is 0 Å². The average molecular weight is 249 g/mol. The summed E-state index contributed by atoms with van der Waals surface area (Å²) in [5.74, 6) is -1.30. The first-order chi connectivity index (χ1) is 8.43. The number of rotatable bonds is 5. The van der Waals surface area contributed by atoms with Crippen molar-refractivity contribution in [3.8, 4) is 0 Å². The van der Waals surface area contributed by atoms with E-state index in [1.54, 1.807) is 24.3 Å². The second-order valence-corrected chi connectivity index (χ2v) is 4.76. The van der Waals surface area contributed by atoms with Gasteiger partial charge in [0.25, 0.3) is 5.91 Å². The molecule has 98 valence electrons. The highest BCUT2D eigenvalue weighted by Gasteiger charge is 2.28. The Balaban J connectivity index is 2.79. The van der Waals surface area contributed by atoms with E-state index in [0.29, 0.717) is 5.56 Å². The van der Waals surface area contributed by atoms with Gasteiger partial charge in [0.1, 0.15) is 6.04 Å². The highest BCUT2D eigenvalue weighted by atomic mass is 16.4. The third kappa shape index (κ3) is 3.58. The molecule has 1 rings (SSSR count). The molecule has 1 amide bonds. The number of carbonyl (C=O) groups is 2. The number of carboxylic acid groups (broad SMARTS) is 1. The van der Waals surface area contributed by atoms with Crippen molar-refractivity contribution in [1.82, 2.24) is 5.32 Å². The molecule has 0 fully saturated rings. The highest BCUT2D eigenvalue weighted by molar-refractivity contribution is 5.96. The summed E-state index contributed by atoms with van der Waals surface area (Å²) in [5, 5.41) is 11.7. The maximum absolute atomic E-state index is 11.9. The molecule has 4 heteroatoms. The maximum Gasteiger partial charge on any atom is 0.326 e. The Kier molecular flexibility index (Phi) is 4.89. The van der Waals surface area contributed by atoms with Crippen molar-refractivity contribution < 1.29 is 14.7 Å². The standard InChI is InChI=1S/C14H19NO3/c1-9(2)10(3)12(14(17)18)15-13(16)11-7-5-4-6-8-11/h4-10,12H,1-3H3,(H,15,16)(H,17,18)/t10?,12-/m0/s1. The summed E-state index contributed by atoms with van der Waals surface area (Å²) in [6, 6.07) is 7.76. The molecule has 0 bridgehead atoms. The number of nitrogens with one attached hydrogen (secondary N) is 1. The van der Waals surface area contributed by atoms with Crippen LogP contribution < -0.4 is 5.32 Å². The fourth-order valence-electron chi connectivity index (χ4n) is 1.62. The largest absolute Gasteiger partial charge is 0.480 e. The predicted octanol–water partition coefficient (Wildman–Crippen LogP) is 2.16. The van der Waals surface area contributed by atoms with Crippen LogP contribution in [0.15, 0.2) is 30.3 Å². The summed E-state index contributed by atoms with van der Waals surface area (Å²) in [7, 11) is 0. The van der Waals surface area contributed by atoms with Crippen molar-refractivity contribution in [2.24, 2.45) is 11.8 Å². The minimum Gasteiger partial charge on any atom is -0.480 e. The van der Waals surface area contributed by atoms with Crippen LogP contribution in [-0.2, 0) is 4.79 Å². The molecule has 0 aliphatic carbocycles. The van der Waals surface area contributed by atoms with E-state index in [1.165, 1.54) is 0 Å². The first-order valence-electron chi connectivity index (χ1n) is 6.02. The summed E-state index contributed by atoms with van der Waals surface area (Å²) in [6.45, 7) is 5.71. The van der Waals surface area contributed by atoms with E-state index in [4.69, 9.17) is 0 Å². The fraction of sp³-hybridized carbons (Fsp3) is 0.429. The minimum absolute atomic E-state index is 0.129. The minimum atomic E-state index is -1.000. The summed E-state index contributed by atoms with van der Waals surface area (Å²) in [4.78, 5) is 23.1. The Bertz CT molecular complexity index is 414. The quantitative estimate of drug-likeness (QED) is 0.840. The third-order valence-corrected chi connectivity index (χ3v) is 3.17. The Labute approximate surface area is 107 Å². The van der Waals surface area contributed by atoms with E-state index in [1.807, 2.05) is 26.8 Å². The van der Waals surface area contributed by atoms with Gasteiger partial charge in [0, 0.05) is 5.56 Å². The normalized spacial score (nSPS) is 14.0. The molecule has 4 nitrogen and oxygen atoms in total. The zero-order chi connectivity index (χ0) is 13.7. The Morgan fingerprint density at radius 2 is 1.67 bits per heavy atom. The molecule has 0 aliphatic heterocycles. The number of amides is 1. The van der Waals surface area contributed by atoms with Gasteiger partial charge in [-0.3, -0.25) is 4.79 Å². The molecular formula is C14H19NO3. The maximum atomic E-state index is 11.9.